The van der Waals surface area contributed by atoms with Gasteiger partial charge in [0.15, 0.2) is 5.69 Å². The Hall–Kier alpha value is -2.02. The van der Waals surface area contributed by atoms with Crippen molar-refractivity contribution in [1.82, 2.24) is 15.0 Å². The Bertz CT molecular complexity index is 444. The Kier molecular flexibility index (Phi) is 1.64. The molecule has 0 aliphatic heterocycles. The van der Waals surface area contributed by atoms with Gasteiger partial charge in [0.1, 0.15) is 17.6 Å². The van der Waals surface area contributed by atoms with Crippen molar-refractivity contribution < 1.29 is 0 Å². The summed E-state index contributed by atoms with van der Waals surface area (Å²) in [5.41, 5.74) is 2.07. The Morgan fingerprint density at radius 2 is 2.38 bits per heavy atom. The maximum atomic E-state index is 8.78. The number of hydrogen-bond donors (Lipinski definition) is 2. The summed E-state index contributed by atoms with van der Waals surface area (Å²) in [4.78, 5) is 10.1. The SMILES string of the molecule is Cc1nc(C#N)c(-c2ccc[nH]2)[nH]1. The molecule has 0 radical (unpaired) electrons. The predicted molar refractivity (Wildman–Crippen MR) is 47.8 cm³/mol. The van der Waals surface area contributed by atoms with Crippen molar-refractivity contribution in [2.24, 2.45) is 0 Å². The molecule has 2 rings (SSSR count). The highest BCUT2D eigenvalue weighted by Crippen LogP contribution is 2.18. The molecule has 4 heteroatoms. The third-order valence-electron chi connectivity index (χ3n) is 1.80. The van der Waals surface area contributed by atoms with Crippen LogP contribution in [-0.4, -0.2) is 15.0 Å². The first kappa shape index (κ1) is 7.62. The Morgan fingerprint density at radius 1 is 1.54 bits per heavy atom. The van der Waals surface area contributed by atoms with Crippen LogP contribution in [0.25, 0.3) is 11.4 Å². The second kappa shape index (κ2) is 2.79. The van der Waals surface area contributed by atoms with E-state index in [4.69, 9.17) is 5.26 Å². The average molecular weight is 172 g/mol. The van der Waals surface area contributed by atoms with Gasteiger partial charge in [0.2, 0.25) is 0 Å². The summed E-state index contributed by atoms with van der Waals surface area (Å²) in [5, 5.41) is 8.78. The minimum Gasteiger partial charge on any atom is -0.360 e. The standard InChI is InChI=1S/C9H8N4/c1-6-12-8(5-10)9(13-6)7-3-2-4-11-7/h2-4,11H,1H3,(H,12,13). The van der Waals surface area contributed by atoms with Crippen LogP contribution in [0.5, 0.6) is 0 Å². The van der Waals surface area contributed by atoms with E-state index in [2.05, 4.69) is 15.0 Å². The monoisotopic (exact) mass is 172 g/mol. The van der Waals surface area contributed by atoms with Crippen molar-refractivity contribution in [2.75, 3.05) is 0 Å². The molecule has 0 aliphatic rings. The molecule has 0 saturated carbocycles. The second-order valence-electron chi connectivity index (χ2n) is 2.74. The molecule has 0 unspecified atom stereocenters. The first-order chi connectivity index (χ1) is 6.31. The highest BCUT2D eigenvalue weighted by atomic mass is 14.9. The Labute approximate surface area is 75.2 Å². The zero-order chi connectivity index (χ0) is 9.26. The number of nitrogens with one attached hydrogen (secondary N) is 2. The van der Waals surface area contributed by atoms with Crippen molar-refractivity contribution in [3.63, 3.8) is 0 Å². The van der Waals surface area contributed by atoms with Crippen LogP contribution in [0.3, 0.4) is 0 Å². The van der Waals surface area contributed by atoms with Crippen molar-refractivity contribution in [3.05, 3.63) is 29.8 Å². The number of nitriles is 1. The summed E-state index contributed by atoms with van der Waals surface area (Å²) in [6, 6.07) is 5.82. The molecule has 2 aromatic rings. The molecule has 0 amide bonds. The van der Waals surface area contributed by atoms with Crippen LogP contribution in [0.15, 0.2) is 18.3 Å². The molecule has 2 heterocycles. The fraction of sp³-hybridized carbons (Fsp3) is 0.111. The van der Waals surface area contributed by atoms with E-state index in [0.717, 1.165) is 17.2 Å². The smallest absolute Gasteiger partial charge is 0.168 e. The van der Waals surface area contributed by atoms with Gasteiger partial charge < -0.3 is 9.97 Å². The molecule has 0 atom stereocenters. The van der Waals surface area contributed by atoms with Crippen molar-refractivity contribution >= 4 is 0 Å². The van der Waals surface area contributed by atoms with Gasteiger partial charge in [-0.1, -0.05) is 0 Å². The van der Waals surface area contributed by atoms with Gasteiger partial charge in [0.05, 0.1) is 5.69 Å². The molecule has 4 nitrogen and oxygen atoms in total. The van der Waals surface area contributed by atoms with Gasteiger partial charge in [0, 0.05) is 6.20 Å². The third kappa shape index (κ3) is 1.20. The molecule has 0 aromatic carbocycles. The van der Waals surface area contributed by atoms with Crippen LogP contribution < -0.4 is 0 Å². The lowest BCUT2D eigenvalue weighted by atomic mass is 10.2. The highest BCUT2D eigenvalue weighted by Gasteiger charge is 2.09. The van der Waals surface area contributed by atoms with E-state index in [1.165, 1.54) is 0 Å². The summed E-state index contributed by atoms with van der Waals surface area (Å²) in [6.45, 7) is 1.83. The fourth-order valence-electron chi connectivity index (χ4n) is 1.25. The molecular weight excluding hydrogens is 164 g/mol. The molecule has 0 spiro atoms. The number of H-pyrrole nitrogens is 2. The van der Waals surface area contributed by atoms with E-state index < -0.39 is 0 Å². The number of aromatic nitrogens is 3. The second-order valence-corrected chi connectivity index (χ2v) is 2.74. The van der Waals surface area contributed by atoms with Crippen molar-refractivity contribution in [2.45, 2.75) is 6.92 Å². The predicted octanol–water partition coefficient (Wildman–Crippen LogP) is 1.58. The van der Waals surface area contributed by atoms with Crippen LogP contribution in [-0.2, 0) is 0 Å². The topological polar surface area (TPSA) is 68.3 Å². The van der Waals surface area contributed by atoms with Gasteiger partial charge in [0.25, 0.3) is 0 Å². The molecule has 13 heavy (non-hydrogen) atoms. The average Bonchev–Trinajstić information content (AvgIpc) is 2.71. The number of hydrogen-bond acceptors (Lipinski definition) is 2. The lowest BCUT2D eigenvalue weighted by Gasteiger charge is -1.91. The number of nitrogens with zero attached hydrogens (tertiary/aromatic N) is 2. The van der Waals surface area contributed by atoms with Crippen LogP contribution >= 0.6 is 0 Å². The molecule has 64 valence electrons. The first-order valence-corrected chi connectivity index (χ1v) is 3.91. The van der Waals surface area contributed by atoms with Gasteiger partial charge >= 0.3 is 0 Å². The maximum Gasteiger partial charge on any atom is 0.168 e. The molecule has 2 aromatic heterocycles. The quantitative estimate of drug-likeness (QED) is 0.685. The molecule has 0 fully saturated rings. The zero-order valence-electron chi connectivity index (χ0n) is 7.13. The molecular formula is C9H8N4. The van der Waals surface area contributed by atoms with Crippen molar-refractivity contribution in [1.29, 1.82) is 5.26 Å². The largest absolute Gasteiger partial charge is 0.360 e. The molecule has 0 bridgehead atoms. The molecule has 0 saturated heterocycles. The van der Waals surface area contributed by atoms with Gasteiger partial charge in [-0.25, -0.2) is 4.98 Å². The van der Waals surface area contributed by atoms with Crippen LogP contribution in [0.1, 0.15) is 11.5 Å². The number of aromatic amines is 2. The number of imidazole rings is 1. The van der Waals surface area contributed by atoms with Gasteiger partial charge in [-0.2, -0.15) is 5.26 Å². The van der Waals surface area contributed by atoms with Gasteiger partial charge in [-0.3, -0.25) is 0 Å². The summed E-state index contributed by atoms with van der Waals surface area (Å²) in [6.07, 6.45) is 1.81. The Morgan fingerprint density at radius 3 is 3.00 bits per heavy atom. The van der Waals surface area contributed by atoms with Gasteiger partial charge in [-0.05, 0) is 19.1 Å². The summed E-state index contributed by atoms with van der Waals surface area (Å²) in [7, 11) is 0. The van der Waals surface area contributed by atoms with E-state index in [1.807, 2.05) is 31.3 Å². The van der Waals surface area contributed by atoms with E-state index >= 15 is 0 Å². The first-order valence-electron chi connectivity index (χ1n) is 3.91. The van der Waals surface area contributed by atoms with E-state index in [-0.39, 0.29) is 0 Å². The van der Waals surface area contributed by atoms with Crippen LogP contribution in [0, 0.1) is 18.3 Å². The minimum atomic E-state index is 0.431. The minimum absolute atomic E-state index is 0.431. The number of aryl methyl sites for hydroxylation is 1. The fourth-order valence-corrected chi connectivity index (χ4v) is 1.25. The normalized spacial score (nSPS) is 9.85. The van der Waals surface area contributed by atoms with Crippen molar-refractivity contribution in [3.8, 4) is 17.5 Å². The van der Waals surface area contributed by atoms with E-state index in [1.54, 1.807) is 0 Å². The van der Waals surface area contributed by atoms with E-state index in [9.17, 15) is 0 Å². The maximum absolute atomic E-state index is 8.78. The summed E-state index contributed by atoms with van der Waals surface area (Å²) < 4.78 is 0. The summed E-state index contributed by atoms with van der Waals surface area (Å²) in [5.74, 6) is 0.751. The highest BCUT2D eigenvalue weighted by molar-refractivity contribution is 5.61. The van der Waals surface area contributed by atoms with Gasteiger partial charge in [-0.15, -0.1) is 0 Å². The summed E-state index contributed by atoms with van der Waals surface area (Å²) >= 11 is 0. The van der Waals surface area contributed by atoms with Crippen LogP contribution in [0.2, 0.25) is 0 Å². The third-order valence-corrected chi connectivity index (χ3v) is 1.80. The lowest BCUT2D eigenvalue weighted by molar-refractivity contribution is 1.14. The van der Waals surface area contributed by atoms with E-state index in [0.29, 0.717) is 5.69 Å². The van der Waals surface area contributed by atoms with Crippen LogP contribution in [0.4, 0.5) is 0 Å². The lowest BCUT2D eigenvalue weighted by Crippen LogP contribution is -1.81. The molecule has 0 aliphatic carbocycles. The molecule has 2 N–H and O–H groups in total. The Balaban J connectivity index is 2.59. The zero-order valence-corrected chi connectivity index (χ0v) is 7.13. The number of rotatable bonds is 1.